The molecule has 1 amide bonds. The van der Waals surface area contributed by atoms with E-state index in [-0.39, 0.29) is 12.0 Å². The summed E-state index contributed by atoms with van der Waals surface area (Å²) in [5.41, 5.74) is 1.01. The Labute approximate surface area is 100 Å². The molecule has 88 valence electrons. The molecule has 2 unspecified atom stereocenters. The molecule has 1 aromatic carbocycles. The topological polar surface area (TPSA) is 62.1 Å². The molecule has 1 aromatic rings. The van der Waals surface area contributed by atoms with Gasteiger partial charge in [-0.15, -0.1) is 0 Å². The Morgan fingerprint density at radius 1 is 1.47 bits per heavy atom. The van der Waals surface area contributed by atoms with Gasteiger partial charge in [0.15, 0.2) is 0 Å². The minimum atomic E-state index is -0.392. The Morgan fingerprint density at radius 3 is 2.88 bits per heavy atom. The van der Waals surface area contributed by atoms with Crippen molar-refractivity contribution >= 4 is 11.6 Å². The van der Waals surface area contributed by atoms with Gasteiger partial charge in [-0.25, -0.2) is 0 Å². The minimum absolute atomic E-state index is 0.136. The number of nitrogens with one attached hydrogen (secondary N) is 1. The number of carbonyl (C=O) groups is 1. The lowest BCUT2D eigenvalue weighted by molar-refractivity contribution is -0.126. The van der Waals surface area contributed by atoms with Gasteiger partial charge in [0.05, 0.1) is 17.4 Å². The fourth-order valence-electron chi connectivity index (χ4n) is 1.90. The lowest BCUT2D eigenvalue weighted by Gasteiger charge is -2.12. The standard InChI is InChI=1S/C13H14N2O2/c1-9-6-7-12(17-9)13(16)15-11-5-3-2-4-10(11)8-14/h2-5,9,12H,6-7H2,1H3,(H,15,16). The van der Waals surface area contributed by atoms with E-state index >= 15 is 0 Å². The lowest BCUT2D eigenvalue weighted by atomic mass is 10.1. The Hall–Kier alpha value is -1.86. The number of ether oxygens (including phenoxy) is 1. The van der Waals surface area contributed by atoms with Gasteiger partial charge in [-0.1, -0.05) is 12.1 Å². The zero-order valence-corrected chi connectivity index (χ0v) is 9.64. The van der Waals surface area contributed by atoms with Gasteiger partial charge in [-0.05, 0) is 31.9 Å². The Balaban J connectivity index is 2.06. The summed E-state index contributed by atoms with van der Waals surface area (Å²) < 4.78 is 5.47. The molecular weight excluding hydrogens is 216 g/mol. The highest BCUT2D eigenvalue weighted by molar-refractivity contribution is 5.95. The van der Waals surface area contributed by atoms with Crippen molar-refractivity contribution in [2.45, 2.75) is 32.0 Å². The van der Waals surface area contributed by atoms with Gasteiger partial charge in [0.25, 0.3) is 5.91 Å². The Bertz CT molecular complexity index is 465. The van der Waals surface area contributed by atoms with Gasteiger partial charge in [0.2, 0.25) is 0 Å². The number of benzene rings is 1. The van der Waals surface area contributed by atoms with Crippen LogP contribution in [0.25, 0.3) is 0 Å². The molecule has 0 spiro atoms. The number of hydrogen-bond donors (Lipinski definition) is 1. The third-order valence-corrected chi connectivity index (χ3v) is 2.83. The molecule has 2 atom stereocenters. The quantitative estimate of drug-likeness (QED) is 0.845. The van der Waals surface area contributed by atoms with Gasteiger partial charge in [-0.3, -0.25) is 4.79 Å². The van der Waals surface area contributed by atoms with Gasteiger partial charge in [0, 0.05) is 0 Å². The van der Waals surface area contributed by atoms with Crippen LogP contribution in [0.1, 0.15) is 25.3 Å². The molecule has 1 fully saturated rings. The second kappa shape index (κ2) is 4.98. The van der Waals surface area contributed by atoms with Crippen LogP contribution in [-0.4, -0.2) is 18.1 Å². The van der Waals surface area contributed by atoms with E-state index in [9.17, 15) is 4.79 Å². The Kier molecular flexibility index (Phi) is 3.40. The number of para-hydroxylation sites is 1. The van der Waals surface area contributed by atoms with Gasteiger partial charge in [0.1, 0.15) is 12.2 Å². The molecule has 0 aromatic heterocycles. The normalized spacial score (nSPS) is 23.1. The van der Waals surface area contributed by atoms with E-state index in [1.165, 1.54) is 0 Å². The summed E-state index contributed by atoms with van der Waals surface area (Å²) >= 11 is 0. The minimum Gasteiger partial charge on any atom is -0.365 e. The van der Waals surface area contributed by atoms with Crippen LogP contribution in [0.3, 0.4) is 0 Å². The van der Waals surface area contributed by atoms with Crippen molar-refractivity contribution in [2.75, 3.05) is 5.32 Å². The van der Waals surface area contributed by atoms with Crippen LogP contribution in [0.4, 0.5) is 5.69 Å². The number of nitriles is 1. The van der Waals surface area contributed by atoms with Crippen LogP contribution in [0.2, 0.25) is 0 Å². The number of rotatable bonds is 2. The molecule has 4 nitrogen and oxygen atoms in total. The van der Waals surface area contributed by atoms with Gasteiger partial charge in [-0.2, -0.15) is 5.26 Å². The van der Waals surface area contributed by atoms with Crippen LogP contribution in [0.5, 0.6) is 0 Å². The highest BCUT2D eigenvalue weighted by Crippen LogP contribution is 2.21. The predicted octanol–water partition coefficient (Wildman–Crippen LogP) is 2.06. The number of anilines is 1. The van der Waals surface area contributed by atoms with Crippen LogP contribution in [0.15, 0.2) is 24.3 Å². The van der Waals surface area contributed by atoms with E-state index < -0.39 is 6.10 Å². The van der Waals surface area contributed by atoms with E-state index in [0.29, 0.717) is 11.3 Å². The largest absolute Gasteiger partial charge is 0.365 e. The second-order valence-electron chi connectivity index (χ2n) is 4.16. The fourth-order valence-corrected chi connectivity index (χ4v) is 1.90. The molecule has 4 heteroatoms. The van der Waals surface area contributed by atoms with E-state index in [2.05, 4.69) is 5.32 Å². The summed E-state index contributed by atoms with van der Waals surface area (Å²) in [4.78, 5) is 11.9. The first-order chi connectivity index (χ1) is 8.20. The van der Waals surface area contributed by atoms with Crippen molar-refractivity contribution < 1.29 is 9.53 Å². The van der Waals surface area contributed by atoms with E-state index in [1.807, 2.05) is 13.0 Å². The summed E-state index contributed by atoms with van der Waals surface area (Å²) in [5, 5.41) is 11.6. The average molecular weight is 230 g/mol. The number of carbonyl (C=O) groups excluding carboxylic acids is 1. The monoisotopic (exact) mass is 230 g/mol. The lowest BCUT2D eigenvalue weighted by Crippen LogP contribution is -2.28. The molecule has 0 bridgehead atoms. The van der Waals surface area contributed by atoms with Gasteiger partial charge >= 0.3 is 0 Å². The molecular formula is C13H14N2O2. The smallest absolute Gasteiger partial charge is 0.253 e. The molecule has 1 N–H and O–H groups in total. The summed E-state index contributed by atoms with van der Waals surface area (Å²) in [6.07, 6.45) is 1.38. The summed E-state index contributed by atoms with van der Waals surface area (Å²) in [7, 11) is 0. The van der Waals surface area contributed by atoms with E-state index in [4.69, 9.17) is 10.00 Å². The SMILES string of the molecule is CC1CCC(C(=O)Nc2ccccc2C#N)O1. The Morgan fingerprint density at radius 2 is 2.24 bits per heavy atom. The average Bonchev–Trinajstić information content (AvgIpc) is 2.77. The van der Waals surface area contributed by atoms with Crippen molar-refractivity contribution in [3.05, 3.63) is 29.8 Å². The van der Waals surface area contributed by atoms with Crippen molar-refractivity contribution in [1.29, 1.82) is 5.26 Å². The molecule has 2 rings (SSSR count). The zero-order valence-electron chi connectivity index (χ0n) is 9.64. The third-order valence-electron chi connectivity index (χ3n) is 2.83. The van der Waals surface area contributed by atoms with Gasteiger partial charge < -0.3 is 10.1 Å². The highest BCUT2D eigenvalue weighted by atomic mass is 16.5. The summed E-state index contributed by atoms with van der Waals surface area (Å²) in [6, 6.07) is 8.99. The second-order valence-corrected chi connectivity index (χ2v) is 4.16. The summed E-state index contributed by atoms with van der Waals surface area (Å²) in [6.45, 7) is 1.95. The van der Waals surface area contributed by atoms with E-state index in [0.717, 1.165) is 12.8 Å². The third kappa shape index (κ3) is 2.63. The number of nitrogens with zero attached hydrogens (tertiary/aromatic N) is 1. The maximum absolute atomic E-state index is 11.9. The molecule has 1 aliphatic heterocycles. The van der Waals surface area contributed by atoms with Crippen molar-refractivity contribution in [1.82, 2.24) is 0 Å². The fraction of sp³-hybridized carbons (Fsp3) is 0.385. The first-order valence-corrected chi connectivity index (χ1v) is 5.66. The molecule has 0 aliphatic carbocycles. The molecule has 1 heterocycles. The van der Waals surface area contributed by atoms with Crippen molar-refractivity contribution in [3.8, 4) is 6.07 Å². The maximum Gasteiger partial charge on any atom is 0.253 e. The highest BCUT2D eigenvalue weighted by Gasteiger charge is 2.28. The molecule has 1 saturated heterocycles. The first kappa shape index (κ1) is 11.6. The zero-order chi connectivity index (χ0) is 12.3. The predicted molar refractivity (Wildman–Crippen MR) is 63.4 cm³/mol. The van der Waals surface area contributed by atoms with Crippen LogP contribution < -0.4 is 5.32 Å². The van der Waals surface area contributed by atoms with Crippen LogP contribution in [-0.2, 0) is 9.53 Å². The van der Waals surface area contributed by atoms with Crippen LogP contribution >= 0.6 is 0 Å². The van der Waals surface area contributed by atoms with Crippen molar-refractivity contribution in [2.24, 2.45) is 0 Å². The molecule has 0 saturated carbocycles. The summed E-state index contributed by atoms with van der Waals surface area (Å²) in [5.74, 6) is -0.169. The number of amides is 1. The first-order valence-electron chi connectivity index (χ1n) is 5.66. The molecule has 1 aliphatic rings. The van der Waals surface area contributed by atoms with Crippen LogP contribution in [0, 0.1) is 11.3 Å². The molecule has 0 radical (unpaired) electrons. The van der Waals surface area contributed by atoms with Crippen molar-refractivity contribution in [3.63, 3.8) is 0 Å². The number of hydrogen-bond acceptors (Lipinski definition) is 3. The maximum atomic E-state index is 11.9. The molecule has 17 heavy (non-hydrogen) atoms. The van der Waals surface area contributed by atoms with E-state index in [1.54, 1.807) is 24.3 Å².